The molecule has 4 rings (SSSR count). The Morgan fingerprint density at radius 2 is 1.36 bits per heavy atom. The molecule has 0 radical (unpaired) electrons. The van der Waals surface area contributed by atoms with Crippen LogP contribution >= 0.6 is 11.8 Å². The number of nitrogens with one attached hydrogen (secondary N) is 5. The zero-order chi connectivity index (χ0) is 60.4. The summed E-state index contributed by atoms with van der Waals surface area (Å²) in [5.41, 5.74) is 5.28. The fourth-order valence-electron chi connectivity index (χ4n) is 10.2. The Labute approximate surface area is 476 Å². The highest BCUT2D eigenvalue weighted by molar-refractivity contribution is 8.00. The number of unbranched alkanes of at least 4 members (excludes halogenated alkanes) is 5. The number of phenolic OH excluding ortho intramolecular Hbond substituents is 1. The van der Waals surface area contributed by atoms with Crippen molar-refractivity contribution in [3.05, 3.63) is 29.8 Å². The Bertz CT molecular complexity index is 2300. The van der Waals surface area contributed by atoms with Crippen molar-refractivity contribution < 1.29 is 84.0 Å². The second-order valence-electron chi connectivity index (χ2n) is 22.2. The average Bonchev–Trinajstić information content (AvgIpc) is 4.01. The number of benzene rings is 1. The number of carbonyl (C=O) groups is 9. The number of aromatic hydroxyl groups is 1. The highest BCUT2D eigenvalue weighted by Crippen LogP contribution is 2.28. The number of aliphatic hydroxyl groups excluding tert-OH is 7. The molecule has 27 heteroatoms. The number of rotatable bonds is 23. The van der Waals surface area contributed by atoms with Gasteiger partial charge < -0.3 is 87.9 Å². The molecule has 2 unspecified atom stereocenters. The van der Waals surface area contributed by atoms with E-state index < -0.39 is 176 Å². The Hall–Kier alpha value is -5.68. The zero-order valence-corrected chi connectivity index (χ0v) is 48.0. The fourth-order valence-corrected chi connectivity index (χ4v) is 11.3. The molecule has 0 bridgehead atoms. The number of nitrogens with two attached hydrogens (primary N) is 1. The van der Waals surface area contributed by atoms with Gasteiger partial charge in [-0.2, -0.15) is 0 Å². The van der Waals surface area contributed by atoms with Gasteiger partial charge in [0, 0.05) is 46.4 Å². The molecule has 3 heterocycles. The van der Waals surface area contributed by atoms with E-state index in [9.17, 15) is 84.0 Å². The maximum absolute atomic E-state index is 14.7. The number of nitrogens with zero attached hydrogens (tertiary/aromatic N) is 3. The molecule has 81 heavy (non-hydrogen) atoms. The largest absolute Gasteiger partial charge is 0.508 e. The van der Waals surface area contributed by atoms with E-state index in [-0.39, 0.29) is 24.2 Å². The van der Waals surface area contributed by atoms with Gasteiger partial charge in [-0.3, -0.25) is 43.2 Å². The van der Waals surface area contributed by atoms with Gasteiger partial charge in [0.25, 0.3) is 0 Å². The first-order valence-electron chi connectivity index (χ1n) is 27.9. The summed E-state index contributed by atoms with van der Waals surface area (Å²) in [7, 11) is 2.89. The van der Waals surface area contributed by atoms with Crippen molar-refractivity contribution in [1.29, 1.82) is 0 Å². The highest BCUT2D eigenvalue weighted by atomic mass is 32.2. The summed E-state index contributed by atoms with van der Waals surface area (Å²) < 4.78 is 0. The second kappa shape index (κ2) is 32.2. The molecule has 1 aromatic rings. The van der Waals surface area contributed by atoms with E-state index in [2.05, 4.69) is 47.4 Å². The molecule has 0 aliphatic carbocycles. The first-order chi connectivity index (χ1) is 38.1. The van der Waals surface area contributed by atoms with Gasteiger partial charge in [0.15, 0.2) is 0 Å². The zero-order valence-electron chi connectivity index (χ0n) is 47.1. The number of hydrogen-bond acceptors (Lipinski definition) is 18. The molecule has 3 aliphatic heterocycles. The molecule has 3 saturated heterocycles. The maximum atomic E-state index is 14.7. The highest BCUT2D eigenvalue weighted by Gasteiger charge is 2.49. The molecule has 9 amide bonds. The molecule has 0 spiro atoms. The Balaban J connectivity index is 1.78. The van der Waals surface area contributed by atoms with Crippen LogP contribution in [0.15, 0.2) is 24.3 Å². The van der Waals surface area contributed by atoms with Gasteiger partial charge in [0.1, 0.15) is 59.6 Å². The lowest BCUT2D eigenvalue weighted by Gasteiger charge is -2.34. The predicted molar refractivity (Wildman–Crippen MR) is 294 cm³/mol. The third-order valence-corrected chi connectivity index (χ3v) is 16.4. The van der Waals surface area contributed by atoms with E-state index in [1.54, 1.807) is 0 Å². The Morgan fingerprint density at radius 3 is 1.98 bits per heavy atom. The van der Waals surface area contributed by atoms with Crippen molar-refractivity contribution in [3.8, 4) is 5.75 Å². The number of primary amides is 1. The smallest absolute Gasteiger partial charge is 0.248 e. The third-order valence-electron chi connectivity index (χ3n) is 15.2. The first kappa shape index (κ1) is 67.8. The van der Waals surface area contributed by atoms with Crippen LogP contribution < -0.4 is 32.3 Å². The van der Waals surface area contributed by atoms with Gasteiger partial charge >= 0.3 is 0 Å². The van der Waals surface area contributed by atoms with Crippen LogP contribution in [0.3, 0.4) is 0 Å². The molecule has 456 valence electrons. The van der Waals surface area contributed by atoms with Crippen LogP contribution in [0, 0.1) is 11.8 Å². The van der Waals surface area contributed by atoms with Gasteiger partial charge in [0.05, 0.1) is 42.7 Å². The van der Waals surface area contributed by atoms with Gasteiger partial charge in [-0.25, -0.2) is 0 Å². The van der Waals surface area contributed by atoms with Gasteiger partial charge in [-0.05, 0) is 55.7 Å². The summed E-state index contributed by atoms with van der Waals surface area (Å²) in [6.45, 7) is 6.80. The monoisotopic (exact) mass is 1170 g/mol. The molecule has 0 aromatic heterocycles. The van der Waals surface area contributed by atoms with Crippen molar-refractivity contribution in [2.24, 2.45) is 17.6 Å². The molecule has 0 saturated carbocycles. The number of hydrogen-bond donors (Lipinski definition) is 14. The molecule has 16 atom stereocenters. The van der Waals surface area contributed by atoms with E-state index in [4.69, 9.17) is 5.73 Å². The molecule has 3 aliphatic rings. The number of thioether (sulfide) groups is 1. The van der Waals surface area contributed by atoms with Crippen molar-refractivity contribution in [3.63, 3.8) is 0 Å². The van der Waals surface area contributed by atoms with Crippen molar-refractivity contribution in [1.82, 2.24) is 41.3 Å². The summed E-state index contributed by atoms with van der Waals surface area (Å²) in [5, 5.41) is 100. The van der Waals surface area contributed by atoms with Gasteiger partial charge in [-0.1, -0.05) is 77.8 Å². The van der Waals surface area contributed by atoms with E-state index >= 15 is 0 Å². The van der Waals surface area contributed by atoms with Crippen LogP contribution in [-0.4, -0.2) is 220 Å². The van der Waals surface area contributed by atoms with E-state index in [0.717, 1.165) is 67.4 Å². The van der Waals surface area contributed by atoms with Crippen molar-refractivity contribution in [2.75, 3.05) is 32.9 Å². The second-order valence-corrected chi connectivity index (χ2v) is 23.3. The summed E-state index contributed by atoms with van der Waals surface area (Å²) >= 11 is 0.677. The quantitative estimate of drug-likeness (QED) is 0.0503. The number of aliphatic hydroxyl groups is 7. The fraction of sp³-hybridized carbons (Fsp3) is 0.722. The van der Waals surface area contributed by atoms with Crippen LogP contribution in [0.25, 0.3) is 0 Å². The first-order valence-corrected chi connectivity index (χ1v) is 29.0. The maximum Gasteiger partial charge on any atom is 0.248 e. The number of amides is 9. The van der Waals surface area contributed by atoms with Gasteiger partial charge in [-0.15, -0.1) is 11.8 Å². The lowest BCUT2D eigenvalue weighted by atomic mass is 9.91. The normalized spacial score (nSPS) is 27.7. The number of fused-ring (bicyclic) bond motifs is 2. The summed E-state index contributed by atoms with van der Waals surface area (Å²) in [5.74, 6) is -9.24. The lowest BCUT2D eigenvalue weighted by molar-refractivity contribution is -0.148. The summed E-state index contributed by atoms with van der Waals surface area (Å²) in [6.07, 6.45) is -7.54. The van der Waals surface area contributed by atoms with Crippen LogP contribution in [0.4, 0.5) is 0 Å². The number of carbonyl (C=O) groups excluding carboxylic acids is 9. The SMILES string of the molecule is CCC(C)CC(C)CCCCCCCCC(=O)N[C@H]1C[C@@H](O)[C@@H](SCC(=O)N(C)C)NC(=O)[C@@H]2[C@@H](O)CCN2C(=O)[C@H]([C@H](O)CC(N)=O)NC(=O)[C@H]([C@H](O)[C@@H](O)c2ccc(O)cc2)NC(=O)[C@@H]2C[C@@H](O)CN2C(=O)[C@H]([C@@H](C)O)NC1=O. The predicted octanol–water partition coefficient (Wildman–Crippen LogP) is -2.51. The van der Waals surface area contributed by atoms with E-state index in [0.29, 0.717) is 36.4 Å². The molecular formula is C54H87N9O17S. The van der Waals surface area contributed by atoms with E-state index in [1.165, 1.54) is 37.5 Å². The molecule has 3 fully saturated rings. The average molecular weight is 1170 g/mol. The molecule has 15 N–H and O–H groups in total. The van der Waals surface area contributed by atoms with E-state index in [1.807, 2.05) is 0 Å². The Kier molecular flexibility index (Phi) is 27.0. The van der Waals surface area contributed by atoms with Crippen LogP contribution in [0.1, 0.15) is 129 Å². The molecular weight excluding hydrogens is 1080 g/mol. The minimum absolute atomic E-state index is 0.0726. The van der Waals surface area contributed by atoms with Crippen LogP contribution in [-0.2, 0) is 43.2 Å². The van der Waals surface area contributed by atoms with Crippen LogP contribution in [0.5, 0.6) is 5.75 Å². The minimum Gasteiger partial charge on any atom is -0.508 e. The molecule has 1 aromatic carbocycles. The van der Waals surface area contributed by atoms with Crippen LogP contribution in [0.2, 0.25) is 0 Å². The van der Waals surface area contributed by atoms with Crippen molar-refractivity contribution in [2.45, 2.75) is 202 Å². The van der Waals surface area contributed by atoms with Crippen molar-refractivity contribution >= 4 is 64.9 Å². The summed E-state index contributed by atoms with van der Waals surface area (Å²) in [6, 6.07) is -7.29. The Morgan fingerprint density at radius 1 is 0.753 bits per heavy atom. The number of phenols is 1. The minimum atomic E-state index is -2.37. The van der Waals surface area contributed by atoms with Gasteiger partial charge in [0.2, 0.25) is 53.2 Å². The summed E-state index contributed by atoms with van der Waals surface area (Å²) in [4.78, 5) is 129. The lowest BCUT2D eigenvalue weighted by Crippen LogP contribution is -2.64. The standard InChI is InChI=1S/C54H87N9O17S/c1-7-28(2)22-29(3)14-12-10-8-9-11-13-15-40(71)56-34-24-38(69)52(81-27-41(72)61(5)6)60-51(78)45-36(67)20-21-62(45)54(80)43(37(68)25-39(55)70)58-50(77)44(47(74)46(73)31-16-18-32(65)19-17-31)59-49(76)35-23-33(66)26-63(35)53(79)42(30(4)64)57-48(34)75/h16-19,28-30,33-38,42-47,52,64-69,73-74H,7-15,20-27H2,1-6H3,(H2,55,70)(H,56,71)(H,57,75)(H,58,77)(H,59,76)(H,60,78)/t28?,29?,30-,33-,34+,35+,36+,37-,38-,42+,43+,44+,45+,46+,47+,52-/m1/s1. The topological polar surface area (TPSA) is 411 Å². The molecule has 26 nitrogen and oxygen atoms in total. The third kappa shape index (κ3) is 20.0.